The lowest BCUT2D eigenvalue weighted by Gasteiger charge is -2.09. The highest BCUT2D eigenvalue weighted by Gasteiger charge is 2.14. The van der Waals surface area contributed by atoms with E-state index >= 15 is 0 Å². The zero-order valence-corrected chi connectivity index (χ0v) is 11.0. The number of unbranched alkanes of at least 4 members (excludes halogenated alkanes) is 2. The Morgan fingerprint density at radius 3 is 2.94 bits per heavy atom. The highest BCUT2D eigenvalue weighted by atomic mass is 32.2. The Balaban J connectivity index is 2.00. The molecule has 0 saturated carbocycles. The monoisotopic (exact) mass is 243 g/mol. The van der Waals surface area contributed by atoms with Crippen molar-refractivity contribution in [1.82, 2.24) is 0 Å². The zero-order valence-electron chi connectivity index (χ0n) is 10.2. The van der Waals surface area contributed by atoms with Crippen molar-refractivity contribution in [1.29, 1.82) is 0 Å². The molecule has 0 fully saturated rings. The van der Waals surface area contributed by atoms with Gasteiger partial charge in [0, 0.05) is 24.6 Å². The van der Waals surface area contributed by atoms with E-state index in [4.69, 9.17) is 0 Å². The molecule has 1 atom stereocenters. The summed E-state index contributed by atoms with van der Waals surface area (Å²) in [6.45, 7) is 3.24. The second kappa shape index (κ2) is 7.71. The summed E-state index contributed by atoms with van der Waals surface area (Å²) >= 11 is 1.90. The molecule has 0 spiro atoms. The molecule has 16 heavy (non-hydrogen) atoms. The lowest BCUT2D eigenvalue weighted by Crippen LogP contribution is -2.05. The fraction of sp³-hybridized carbons (Fsp3) is 0.833. The maximum Gasteiger partial charge on any atom is 0.305 e. The Morgan fingerprint density at radius 1 is 1.50 bits per heavy atom. The molecule has 0 aromatic rings. The summed E-state index contributed by atoms with van der Waals surface area (Å²) in [6, 6.07) is 0. The minimum atomic E-state index is -0.0937. The molecule has 0 radical (unpaired) electrons. The van der Waals surface area contributed by atoms with E-state index in [1.54, 1.807) is 0 Å². The normalized spacial score (nSPS) is 17.0. The number of nitrogens with zero attached hydrogens (tertiary/aromatic N) is 1. The maximum atomic E-state index is 10.9. The van der Waals surface area contributed by atoms with Gasteiger partial charge in [0.1, 0.15) is 0 Å². The van der Waals surface area contributed by atoms with Crippen LogP contribution in [-0.2, 0) is 9.53 Å². The van der Waals surface area contributed by atoms with Crippen molar-refractivity contribution in [2.24, 2.45) is 10.9 Å². The molecule has 0 N–H and O–H groups in total. The van der Waals surface area contributed by atoms with Crippen molar-refractivity contribution < 1.29 is 9.53 Å². The SMILES string of the molecule is COC(=O)CCCCCC(C)C1=NCCS1. The Hall–Kier alpha value is -0.510. The largest absolute Gasteiger partial charge is 0.469 e. The Bertz CT molecular complexity index is 253. The molecule has 0 aromatic heterocycles. The van der Waals surface area contributed by atoms with Gasteiger partial charge in [-0.25, -0.2) is 0 Å². The lowest BCUT2D eigenvalue weighted by molar-refractivity contribution is -0.140. The fourth-order valence-electron chi connectivity index (χ4n) is 1.77. The topological polar surface area (TPSA) is 38.7 Å². The van der Waals surface area contributed by atoms with E-state index in [-0.39, 0.29) is 5.97 Å². The molecule has 0 saturated heterocycles. The maximum absolute atomic E-state index is 10.9. The quantitative estimate of drug-likeness (QED) is 0.510. The van der Waals surface area contributed by atoms with Crippen molar-refractivity contribution in [3.63, 3.8) is 0 Å². The first-order valence-electron chi connectivity index (χ1n) is 5.98. The van der Waals surface area contributed by atoms with Crippen LogP contribution in [0.15, 0.2) is 4.99 Å². The minimum Gasteiger partial charge on any atom is -0.469 e. The van der Waals surface area contributed by atoms with Gasteiger partial charge >= 0.3 is 5.97 Å². The van der Waals surface area contributed by atoms with E-state index < -0.39 is 0 Å². The van der Waals surface area contributed by atoms with Crippen LogP contribution in [0.2, 0.25) is 0 Å². The van der Waals surface area contributed by atoms with Crippen LogP contribution in [0, 0.1) is 5.92 Å². The van der Waals surface area contributed by atoms with Crippen LogP contribution in [0.3, 0.4) is 0 Å². The second-order valence-electron chi connectivity index (χ2n) is 4.14. The van der Waals surface area contributed by atoms with E-state index in [0.717, 1.165) is 25.1 Å². The number of hydrogen-bond acceptors (Lipinski definition) is 4. The van der Waals surface area contributed by atoms with E-state index in [1.165, 1.54) is 25.0 Å². The molecule has 1 aliphatic rings. The number of aliphatic imine (C=N–C) groups is 1. The second-order valence-corrected chi connectivity index (χ2v) is 5.26. The predicted molar refractivity (Wildman–Crippen MR) is 69.0 cm³/mol. The van der Waals surface area contributed by atoms with E-state index in [0.29, 0.717) is 12.3 Å². The van der Waals surface area contributed by atoms with Gasteiger partial charge < -0.3 is 4.74 Å². The minimum absolute atomic E-state index is 0.0937. The van der Waals surface area contributed by atoms with Gasteiger partial charge in [-0.2, -0.15) is 0 Å². The summed E-state index contributed by atoms with van der Waals surface area (Å²) in [4.78, 5) is 15.4. The van der Waals surface area contributed by atoms with Crippen LogP contribution in [0.25, 0.3) is 0 Å². The van der Waals surface area contributed by atoms with Crippen LogP contribution in [0.1, 0.15) is 39.0 Å². The molecule has 0 bridgehead atoms. The summed E-state index contributed by atoms with van der Waals surface area (Å²) in [6.07, 6.45) is 4.97. The number of carbonyl (C=O) groups excluding carboxylic acids is 1. The van der Waals surface area contributed by atoms with Gasteiger partial charge in [-0.1, -0.05) is 19.8 Å². The average Bonchev–Trinajstić information content (AvgIpc) is 2.81. The molecule has 0 aliphatic carbocycles. The molecular weight excluding hydrogens is 222 g/mol. The highest BCUT2D eigenvalue weighted by molar-refractivity contribution is 8.14. The summed E-state index contributed by atoms with van der Waals surface area (Å²) in [5.74, 6) is 1.66. The van der Waals surface area contributed by atoms with Crippen LogP contribution in [-0.4, -0.2) is 30.4 Å². The first kappa shape index (κ1) is 13.6. The Labute approximate surface area is 102 Å². The van der Waals surface area contributed by atoms with Crippen molar-refractivity contribution in [3.8, 4) is 0 Å². The summed E-state index contributed by atoms with van der Waals surface area (Å²) in [7, 11) is 1.44. The highest BCUT2D eigenvalue weighted by Crippen LogP contribution is 2.22. The van der Waals surface area contributed by atoms with Gasteiger partial charge in [0.15, 0.2) is 0 Å². The third-order valence-electron chi connectivity index (χ3n) is 2.78. The molecule has 1 unspecified atom stereocenters. The first-order chi connectivity index (χ1) is 7.74. The van der Waals surface area contributed by atoms with Gasteiger partial charge in [-0.15, -0.1) is 11.8 Å². The van der Waals surface area contributed by atoms with Gasteiger partial charge in [-0.3, -0.25) is 9.79 Å². The molecular formula is C12H21NO2S. The van der Waals surface area contributed by atoms with Crippen molar-refractivity contribution in [2.75, 3.05) is 19.4 Å². The van der Waals surface area contributed by atoms with E-state index in [2.05, 4.69) is 16.7 Å². The molecule has 1 heterocycles. The van der Waals surface area contributed by atoms with Crippen LogP contribution in [0.4, 0.5) is 0 Å². The fourth-order valence-corrected chi connectivity index (χ4v) is 2.75. The number of rotatable bonds is 7. The van der Waals surface area contributed by atoms with Crippen LogP contribution in [0.5, 0.6) is 0 Å². The summed E-state index contributed by atoms with van der Waals surface area (Å²) < 4.78 is 4.60. The lowest BCUT2D eigenvalue weighted by atomic mass is 10.0. The zero-order chi connectivity index (χ0) is 11.8. The van der Waals surface area contributed by atoms with Crippen LogP contribution < -0.4 is 0 Å². The van der Waals surface area contributed by atoms with Gasteiger partial charge in [-0.05, 0) is 12.8 Å². The van der Waals surface area contributed by atoms with Crippen LogP contribution >= 0.6 is 11.8 Å². The number of thioether (sulfide) groups is 1. The Kier molecular flexibility index (Phi) is 6.53. The van der Waals surface area contributed by atoms with Gasteiger partial charge in [0.05, 0.1) is 12.2 Å². The molecule has 0 aromatic carbocycles. The molecule has 92 valence electrons. The van der Waals surface area contributed by atoms with E-state index in [9.17, 15) is 4.79 Å². The predicted octanol–water partition coefficient (Wildman–Crippen LogP) is 2.89. The average molecular weight is 243 g/mol. The van der Waals surface area contributed by atoms with Crippen molar-refractivity contribution in [3.05, 3.63) is 0 Å². The van der Waals surface area contributed by atoms with E-state index in [1.807, 2.05) is 11.8 Å². The Morgan fingerprint density at radius 2 is 2.31 bits per heavy atom. The smallest absolute Gasteiger partial charge is 0.305 e. The number of methoxy groups -OCH3 is 1. The molecule has 4 heteroatoms. The molecule has 1 rings (SSSR count). The third kappa shape index (κ3) is 5.01. The number of esters is 1. The first-order valence-corrected chi connectivity index (χ1v) is 6.96. The summed E-state index contributed by atoms with van der Waals surface area (Å²) in [5, 5.41) is 1.33. The summed E-state index contributed by atoms with van der Waals surface area (Å²) in [5.41, 5.74) is 0. The van der Waals surface area contributed by atoms with Gasteiger partial charge in [0.25, 0.3) is 0 Å². The van der Waals surface area contributed by atoms with Gasteiger partial charge in [0.2, 0.25) is 0 Å². The third-order valence-corrected chi connectivity index (χ3v) is 3.99. The van der Waals surface area contributed by atoms with Crippen molar-refractivity contribution in [2.45, 2.75) is 39.0 Å². The molecule has 0 amide bonds. The molecule has 1 aliphatic heterocycles. The van der Waals surface area contributed by atoms with Crippen molar-refractivity contribution >= 4 is 22.8 Å². The number of ether oxygens (including phenoxy) is 1. The number of hydrogen-bond donors (Lipinski definition) is 0. The molecule has 3 nitrogen and oxygen atoms in total. The number of carbonyl (C=O) groups is 1. The standard InChI is InChI=1S/C12H21NO2S/c1-10(12-13-8-9-16-12)6-4-3-5-7-11(14)15-2/h10H,3-9H2,1-2H3.